The topological polar surface area (TPSA) is 185 Å². The van der Waals surface area contributed by atoms with Gasteiger partial charge in [-0.2, -0.15) is 0 Å². The first-order valence-corrected chi connectivity index (χ1v) is 15.2. The molecule has 4 N–H and O–H groups in total. The van der Waals surface area contributed by atoms with Crippen LogP contribution >= 0.6 is 0 Å². The number of nitrogens with zero attached hydrogens (tertiary/aromatic N) is 2. The van der Waals surface area contributed by atoms with Crippen LogP contribution in [0.3, 0.4) is 0 Å². The normalized spacial score (nSPS) is 13.3. The zero-order valence-electron chi connectivity index (χ0n) is 26.9. The molecule has 46 heavy (non-hydrogen) atoms. The van der Waals surface area contributed by atoms with E-state index in [2.05, 4.69) is 10.6 Å². The van der Waals surface area contributed by atoms with E-state index in [1.165, 1.54) is 35.9 Å². The number of esters is 1. The molecule has 13 nitrogen and oxygen atoms in total. The van der Waals surface area contributed by atoms with Crippen LogP contribution in [0, 0.1) is 15.5 Å². The molecule has 248 valence electrons. The summed E-state index contributed by atoms with van der Waals surface area (Å²) in [5.74, 6) is -1.84. The fraction of sp³-hybridized carbons (Fsp3) is 0.455. The number of nitrogens with two attached hydrogens (primary N) is 1. The van der Waals surface area contributed by atoms with E-state index >= 15 is 0 Å². The van der Waals surface area contributed by atoms with Gasteiger partial charge < -0.3 is 25.8 Å². The predicted octanol–water partition coefficient (Wildman–Crippen LogP) is 4.37. The van der Waals surface area contributed by atoms with Gasteiger partial charge in [0.2, 0.25) is 11.8 Å². The summed E-state index contributed by atoms with van der Waals surface area (Å²) in [5, 5.41) is 17.2. The molecule has 0 saturated carbocycles. The number of benzene rings is 2. The average Bonchev–Trinajstić information content (AvgIpc) is 3.38. The second-order valence-electron chi connectivity index (χ2n) is 12.4. The molecule has 2 amide bonds. The number of methoxy groups -OCH3 is 1. The van der Waals surface area contributed by atoms with Crippen molar-refractivity contribution in [2.45, 2.75) is 84.5 Å². The van der Waals surface area contributed by atoms with Crippen molar-refractivity contribution >= 4 is 40.5 Å². The molecular weight excluding hydrogens is 594 g/mol. The third-order valence-electron chi connectivity index (χ3n) is 7.37. The number of hydrogen-bond acceptors (Lipinski definition) is 9. The van der Waals surface area contributed by atoms with Gasteiger partial charge in [-0.1, -0.05) is 58.7 Å². The van der Waals surface area contributed by atoms with Crippen molar-refractivity contribution < 1.29 is 33.6 Å². The highest BCUT2D eigenvalue weighted by atomic mass is 16.6. The molecule has 0 bridgehead atoms. The van der Waals surface area contributed by atoms with Gasteiger partial charge in [-0.15, -0.1) is 0 Å². The number of carbonyl (C=O) groups is 4. The van der Waals surface area contributed by atoms with Gasteiger partial charge in [0.25, 0.3) is 5.69 Å². The minimum absolute atomic E-state index is 0.0113. The predicted molar refractivity (Wildman–Crippen MR) is 172 cm³/mol. The molecule has 2 aromatic carbocycles. The van der Waals surface area contributed by atoms with Crippen molar-refractivity contribution in [1.82, 2.24) is 15.2 Å². The summed E-state index contributed by atoms with van der Waals surface area (Å²) in [6.45, 7) is 7.65. The number of fused-ring (bicyclic) bond motifs is 1. The Morgan fingerprint density at radius 2 is 1.65 bits per heavy atom. The lowest BCUT2D eigenvalue weighted by Crippen LogP contribution is -2.55. The lowest BCUT2D eigenvalue weighted by atomic mass is 9.88. The Labute approximate surface area is 267 Å². The fourth-order valence-corrected chi connectivity index (χ4v) is 5.02. The van der Waals surface area contributed by atoms with Crippen LogP contribution in [0.4, 0.5) is 10.5 Å². The number of carbonyl (C=O) groups excluding carboxylic acids is 4. The largest absolute Gasteiger partial charge is 0.459 e. The average molecular weight is 638 g/mol. The summed E-state index contributed by atoms with van der Waals surface area (Å²) in [4.78, 5) is 63.2. The van der Waals surface area contributed by atoms with Gasteiger partial charge in [-0.05, 0) is 47.6 Å². The highest BCUT2D eigenvalue weighted by Gasteiger charge is 2.31. The third kappa shape index (κ3) is 9.86. The van der Waals surface area contributed by atoms with Crippen LogP contribution in [-0.4, -0.2) is 58.6 Å². The van der Waals surface area contributed by atoms with Crippen LogP contribution in [0.5, 0.6) is 0 Å². The first-order valence-electron chi connectivity index (χ1n) is 15.2. The van der Waals surface area contributed by atoms with Crippen LogP contribution in [-0.2, 0) is 36.9 Å². The zero-order chi connectivity index (χ0) is 34.0. The lowest BCUT2D eigenvalue weighted by Gasteiger charge is -2.26. The third-order valence-corrected chi connectivity index (χ3v) is 7.37. The molecule has 0 aliphatic carbocycles. The first-order chi connectivity index (χ1) is 21.7. The number of aromatic nitrogens is 1. The molecule has 3 aromatic rings. The number of nitro groups is 1. The maximum Gasteiger partial charge on any atom is 0.418 e. The number of hydrogen-bond donors (Lipinski definition) is 3. The minimum atomic E-state index is -1.15. The van der Waals surface area contributed by atoms with E-state index in [1.54, 1.807) is 30.5 Å². The minimum Gasteiger partial charge on any atom is -0.459 e. The highest BCUT2D eigenvalue weighted by Crippen LogP contribution is 2.24. The van der Waals surface area contributed by atoms with Gasteiger partial charge in [-0.25, -0.2) is 9.59 Å². The number of para-hydroxylation sites is 1. The van der Waals surface area contributed by atoms with E-state index in [9.17, 15) is 29.3 Å². The van der Waals surface area contributed by atoms with Crippen molar-refractivity contribution in [1.29, 1.82) is 0 Å². The molecule has 13 heteroatoms. The number of rotatable bonds is 14. The van der Waals surface area contributed by atoms with E-state index in [1.807, 2.05) is 27.7 Å². The Morgan fingerprint density at radius 1 is 1.00 bits per heavy atom. The lowest BCUT2D eigenvalue weighted by molar-refractivity contribution is -0.384. The molecule has 1 aromatic heterocycles. The van der Waals surface area contributed by atoms with E-state index in [4.69, 9.17) is 15.2 Å². The molecular formula is C33H43N5O8. The molecule has 0 radical (unpaired) electrons. The molecule has 3 atom stereocenters. The first kappa shape index (κ1) is 35.7. The molecule has 1 heterocycles. The summed E-state index contributed by atoms with van der Waals surface area (Å²) in [6, 6.07) is 9.63. The van der Waals surface area contributed by atoms with Crippen LogP contribution in [0.15, 0.2) is 54.7 Å². The summed E-state index contributed by atoms with van der Waals surface area (Å²) in [7, 11) is 1.26. The molecule has 0 spiro atoms. The van der Waals surface area contributed by atoms with E-state index in [0.717, 1.165) is 6.42 Å². The number of nitrogens with one attached hydrogen (secondary N) is 2. The van der Waals surface area contributed by atoms with Gasteiger partial charge in [0.05, 0.1) is 23.6 Å². The Balaban J connectivity index is 1.87. The maximum absolute atomic E-state index is 13.8. The Kier molecular flexibility index (Phi) is 12.4. The molecule has 0 saturated heterocycles. The van der Waals surface area contributed by atoms with Crippen molar-refractivity contribution in [2.24, 2.45) is 11.1 Å². The van der Waals surface area contributed by atoms with Crippen LogP contribution in [0.2, 0.25) is 0 Å². The number of nitro benzene ring substituents is 1. The zero-order valence-corrected chi connectivity index (χ0v) is 26.9. The molecule has 0 unspecified atom stereocenters. The Hall–Kier alpha value is -4.78. The maximum atomic E-state index is 13.8. The van der Waals surface area contributed by atoms with Gasteiger partial charge >= 0.3 is 12.1 Å². The van der Waals surface area contributed by atoms with Crippen molar-refractivity contribution in [2.75, 3.05) is 7.11 Å². The van der Waals surface area contributed by atoms with Crippen LogP contribution in [0.25, 0.3) is 10.9 Å². The summed E-state index contributed by atoms with van der Waals surface area (Å²) in [6.07, 6.45) is 2.94. The second kappa shape index (κ2) is 16.0. The SMILES string of the molecule is CCCC[C@@H](NC(=O)[C@@H](Cc1cn(C(=O)OC)c2ccccc12)NC(=O)[C@@H](N)CC(C)(C)C)C(=O)OCc1ccc([N+](=O)[O-])cc1. The monoisotopic (exact) mass is 637 g/mol. The molecule has 3 rings (SSSR count). The van der Waals surface area contributed by atoms with Crippen molar-refractivity contribution in [3.8, 4) is 0 Å². The number of amides is 2. The van der Waals surface area contributed by atoms with E-state index in [0.29, 0.717) is 34.9 Å². The van der Waals surface area contributed by atoms with Gasteiger partial charge in [0.1, 0.15) is 18.7 Å². The standard InChI is InChI=1S/C33H43N5O8/c1-6-7-11-26(31(41)46-20-21-13-15-23(16-14-21)38(43)44)35-30(40)27(36-29(39)25(34)18-33(2,3)4)17-22-19-37(32(42)45-5)28-12-9-8-10-24(22)28/h8-10,12-16,19,25-27H,6-7,11,17-18,20,34H2,1-5H3,(H,35,40)(H,36,39)/t25-,26+,27+/m0/s1. The summed E-state index contributed by atoms with van der Waals surface area (Å²) < 4.78 is 11.7. The van der Waals surface area contributed by atoms with Gasteiger partial charge in [0, 0.05) is 30.1 Å². The highest BCUT2D eigenvalue weighted by molar-refractivity contribution is 5.95. The summed E-state index contributed by atoms with van der Waals surface area (Å²) >= 11 is 0. The number of ether oxygens (including phenoxy) is 2. The number of unbranched alkanes of at least 4 members (excludes halogenated alkanes) is 1. The molecule has 0 fully saturated rings. The number of non-ortho nitro benzene ring substituents is 1. The van der Waals surface area contributed by atoms with E-state index in [-0.39, 0.29) is 30.6 Å². The Bertz CT molecular complexity index is 1540. The molecule has 0 aliphatic heterocycles. The fourth-order valence-electron chi connectivity index (χ4n) is 5.02. The molecule has 0 aliphatic rings. The van der Waals surface area contributed by atoms with Crippen LogP contribution in [0.1, 0.15) is 64.5 Å². The smallest absolute Gasteiger partial charge is 0.418 e. The van der Waals surface area contributed by atoms with Crippen molar-refractivity contribution in [3.63, 3.8) is 0 Å². The Morgan fingerprint density at radius 3 is 2.26 bits per heavy atom. The van der Waals surface area contributed by atoms with Gasteiger partial charge in [-0.3, -0.25) is 24.3 Å². The summed E-state index contributed by atoms with van der Waals surface area (Å²) in [5.41, 5.74) is 7.57. The van der Waals surface area contributed by atoms with Gasteiger partial charge in [0.15, 0.2) is 0 Å². The second-order valence-corrected chi connectivity index (χ2v) is 12.4. The van der Waals surface area contributed by atoms with Crippen LogP contribution < -0.4 is 16.4 Å². The van der Waals surface area contributed by atoms with E-state index < -0.39 is 46.9 Å². The quantitative estimate of drug-likeness (QED) is 0.131. The van der Waals surface area contributed by atoms with Crippen molar-refractivity contribution in [3.05, 3.63) is 76.0 Å².